The molecule has 0 aromatic heterocycles. The molecule has 0 spiro atoms. The van der Waals surface area contributed by atoms with Gasteiger partial charge in [0.25, 0.3) is 0 Å². The third kappa shape index (κ3) is 4.78. The highest BCUT2D eigenvalue weighted by atomic mass is 79.9. The molecule has 18 heavy (non-hydrogen) atoms. The van der Waals surface area contributed by atoms with Crippen molar-refractivity contribution in [1.29, 1.82) is 0 Å². The summed E-state index contributed by atoms with van der Waals surface area (Å²) in [5.41, 5.74) is 6.71. The van der Waals surface area contributed by atoms with Crippen molar-refractivity contribution in [1.82, 2.24) is 5.32 Å². The molecule has 2 atom stereocenters. The fraction of sp³-hybridized carbons (Fsp3) is 0.500. The van der Waals surface area contributed by atoms with Gasteiger partial charge in [0.2, 0.25) is 5.91 Å². The molecule has 0 heterocycles. The molecule has 4 heteroatoms. The van der Waals surface area contributed by atoms with Gasteiger partial charge in [-0.25, -0.2) is 0 Å². The Labute approximate surface area is 117 Å². The molecule has 1 aromatic carbocycles. The minimum absolute atomic E-state index is 0.0286. The van der Waals surface area contributed by atoms with Gasteiger partial charge < -0.3 is 11.1 Å². The van der Waals surface area contributed by atoms with Gasteiger partial charge in [0.1, 0.15) is 0 Å². The van der Waals surface area contributed by atoms with Crippen LogP contribution >= 0.6 is 15.9 Å². The maximum absolute atomic E-state index is 11.8. The summed E-state index contributed by atoms with van der Waals surface area (Å²) in [6.45, 7) is 4.62. The normalized spacial score (nSPS) is 14.0. The van der Waals surface area contributed by atoms with Crippen molar-refractivity contribution in [3.05, 3.63) is 34.3 Å². The van der Waals surface area contributed by atoms with Crippen LogP contribution in [0.2, 0.25) is 0 Å². The second-order valence-corrected chi connectivity index (χ2v) is 5.47. The predicted molar refractivity (Wildman–Crippen MR) is 78.2 cm³/mol. The van der Waals surface area contributed by atoms with Crippen LogP contribution in [-0.2, 0) is 4.79 Å². The van der Waals surface area contributed by atoms with Gasteiger partial charge in [0.05, 0.1) is 6.04 Å². The first-order chi connectivity index (χ1) is 8.56. The third-order valence-corrected chi connectivity index (χ3v) is 3.66. The van der Waals surface area contributed by atoms with E-state index in [-0.39, 0.29) is 17.9 Å². The van der Waals surface area contributed by atoms with Gasteiger partial charge >= 0.3 is 0 Å². The Hall–Kier alpha value is -0.870. The molecule has 1 rings (SSSR count). The van der Waals surface area contributed by atoms with Crippen LogP contribution in [0.3, 0.4) is 0 Å². The maximum atomic E-state index is 11.8. The summed E-state index contributed by atoms with van der Waals surface area (Å²) in [6.07, 6.45) is 1.45. The first kappa shape index (κ1) is 15.2. The minimum Gasteiger partial charge on any atom is -0.350 e. The monoisotopic (exact) mass is 312 g/mol. The van der Waals surface area contributed by atoms with E-state index in [9.17, 15) is 4.79 Å². The quantitative estimate of drug-likeness (QED) is 0.848. The predicted octanol–water partition coefficient (Wildman–Crippen LogP) is 3.00. The number of nitrogens with two attached hydrogens (primary N) is 1. The first-order valence-electron chi connectivity index (χ1n) is 6.31. The van der Waals surface area contributed by atoms with Crippen molar-refractivity contribution in [2.45, 2.75) is 32.7 Å². The summed E-state index contributed by atoms with van der Waals surface area (Å²) >= 11 is 3.40. The van der Waals surface area contributed by atoms with E-state index in [1.807, 2.05) is 31.2 Å². The van der Waals surface area contributed by atoms with Gasteiger partial charge in [0, 0.05) is 10.9 Å². The zero-order chi connectivity index (χ0) is 13.5. The second kappa shape index (κ2) is 7.54. The van der Waals surface area contributed by atoms with Crippen molar-refractivity contribution in [3.63, 3.8) is 0 Å². The lowest BCUT2D eigenvalue weighted by molar-refractivity contribution is -0.122. The highest BCUT2D eigenvalue weighted by Crippen LogP contribution is 2.17. The third-order valence-electron chi connectivity index (χ3n) is 3.13. The topological polar surface area (TPSA) is 55.1 Å². The summed E-state index contributed by atoms with van der Waals surface area (Å²) < 4.78 is 1.04. The number of benzene rings is 1. The van der Waals surface area contributed by atoms with E-state index in [0.29, 0.717) is 13.0 Å². The van der Waals surface area contributed by atoms with Crippen molar-refractivity contribution >= 4 is 21.8 Å². The molecule has 1 amide bonds. The van der Waals surface area contributed by atoms with Gasteiger partial charge in [0.15, 0.2) is 0 Å². The smallest absolute Gasteiger partial charge is 0.220 e. The number of amides is 1. The van der Waals surface area contributed by atoms with Crippen LogP contribution in [0.5, 0.6) is 0 Å². The van der Waals surface area contributed by atoms with Crippen LogP contribution in [0, 0.1) is 5.92 Å². The standard InChI is InChI=1S/C14H21BrN2O/c1-3-11(9-16)8-14(18)17-10(2)12-4-6-13(15)7-5-12/h4-7,10-11H,3,8-9,16H2,1-2H3,(H,17,18)/t10-,11?/m1/s1. The molecule has 1 aromatic rings. The number of nitrogens with one attached hydrogen (secondary N) is 1. The molecule has 0 radical (unpaired) electrons. The molecular formula is C14H21BrN2O. The molecule has 0 saturated carbocycles. The molecule has 3 nitrogen and oxygen atoms in total. The SMILES string of the molecule is CCC(CN)CC(=O)N[C@H](C)c1ccc(Br)cc1. The molecule has 100 valence electrons. The van der Waals surface area contributed by atoms with Gasteiger partial charge in [-0.15, -0.1) is 0 Å². The number of hydrogen-bond donors (Lipinski definition) is 2. The van der Waals surface area contributed by atoms with E-state index in [4.69, 9.17) is 5.73 Å². The van der Waals surface area contributed by atoms with Gasteiger partial charge in [-0.3, -0.25) is 4.79 Å². The second-order valence-electron chi connectivity index (χ2n) is 4.55. The van der Waals surface area contributed by atoms with Crippen molar-refractivity contribution in [3.8, 4) is 0 Å². The lowest BCUT2D eigenvalue weighted by atomic mass is 10.0. The molecule has 0 bridgehead atoms. The molecule has 0 aliphatic heterocycles. The fourth-order valence-corrected chi connectivity index (χ4v) is 2.06. The average Bonchev–Trinajstić information content (AvgIpc) is 2.36. The number of carbonyl (C=O) groups is 1. The summed E-state index contributed by atoms with van der Waals surface area (Å²) in [6, 6.07) is 8.00. The van der Waals surface area contributed by atoms with E-state index in [1.165, 1.54) is 0 Å². The Morgan fingerprint density at radius 3 is 2.50 bits per heavy atom. The molecule has 0 aliphatic rings. The number of rotatable bonds is 6. The van der Waals surface area contributed by atoms with Gasteiger partial charge in [-0.2, -0.15) is 0 Å². The minimum atomic E-state index is 0.0286. The van der Waals surface area contributed by atoms with E-state index < -0.39 is 0 Å². The largest absolute Gasteiger partial charge is 0.350 e. The molecule has 0 aliphatic carbocycles. The Balaban J connectivity index is 2.51. The lowest BCUT2D eigenvalue weighted by Gasteiger charge is -2.17. The lowest BCUT2D eigenvalue weighted by Crippen LogP contribution is -2.30. The Morgan fingerprint density at radius 2 is 2.00 bits per heavy atom. The zero-order valence-corrected chi connectivity index (χ0v) is 12.5. The van der Waals surface area contributed by atoms with Crippen molar-refractivity contribution in [2.75, 3.05) is 6.54 Å². The summed E-state index contributed by atoms with van der Waals surface area (Å²) in [5, 5.41) is 3.00. The number of hydrogen-bond acceptors (Lipinski definition) is 2. The van der Waals surface area contributed by atoms with Gasteiger partial charge in [-0.05, 0) is 37.1 Å². The molecule has 3 N–H and O–H groups in total. The van der Waals surface area contributed by atoms with Crippen LogP contribution in [0.1, 0.15) is 38.3 Å². The first-order valence-corrected chi connectivity index (χ1v) is 7.11. The van der Waals surface area contributed by atoms with Crippen LogP contribution in [0.4, 0.5) is 0 Å². The molecular weight excluding hydrogens is 292 g/mol. The van der Waals surface area contributed by atoms with Crippen molar-refractivity contribution in [2.24, 2.45) is 11.7 Å². The van der Waals surface area contributed by atoms with E-state index in [2.05, 4.69) is 28.2 Å². The summed E-state index contributed by atoms with van der Waals surface area (Å²) in [5.74, 6) is 0.352. The molecule has 0 saturated heterocycles. The van der Waals surface area contributed by atoms with Crippen LogP contribution < -0.4 is 11.1 Å². The number of halogens is 1. The van der Waals surface area contributed by atoms with Crippen molar-refractivity contribution < 1.29 is 4.79 Å². The Kier molecular flexibility index (Phi) is 6.36. The highest BCUT2D eigenvalue weighted by molar-refractivity contribution is 9.10. The van der Waals surface area contributed by atoms with Crippen LogP contribution in [0.15, 0.2) is 28.7 Å². The van der Waals surface area contributed by atoms with E-state index in [1.54, 1.807) is 0 Å². The van der Waals surface area contributed by atoms with E-state index in [0.717, 1.165) is 16.5 Å². The molecule has 1 unspecified atom stereocenters. The van der Waals surface area contributed by atoms with E-state index >= 15 is 0 Å². The maximum Gasteiger partial charge on any atom is 0.220 e. The Bertz CT molecular complexity index is 374. The number of carbonyl (C=O) groups excluding carboxylic acids is 1. The summed E-state index contributed by atoms with van der Waals surface area (Å²) in [7, 11) is 0. The van der Waals surface area contributed by atoms with Crippen LogP contribution in [0.25, 0.3) is 0 Å². The van der Waals surface area contributed by atoms with Crippen LogP contribution in [-0.4, -0.2) is 12.5 Å². The Morgan fingerprint density at radius 1 is 1.39 bits per heavy atom. The highest BCUT2D eigenvalue weighted by Gasteiger charge is 2.13. The van der Waals surface area contributed by atoms with Gasteiger partial charge in [-0.1, -0.05) is 41.4 Å². The molecule has 0 fully saturated rings. The summed E-state index contributed by atoms with van der Waals surface area (Å²) in [4.78, 5) is 11.8. The fourth-order valence-electron chi connectivity index (χ4n) is 1.79. The zero-order valence-electron chi connectivity index (χ0n) is 10.9. The average molecular weight is 313 g/mol.